The molecule has 24 heavy (non-hydrogen) atoms. The van der Waals surface area contributed by atoms with Crippen molar-refractivity contribution in [3.05, 3.63) is 0 Å². The summed E-state index contributed by atoms with van der Waals surface area (Å²) in [6.45, 7) is 3.03. The maximum atomic E-state index is 11.1. The molecule has 0 heterocycles. The molecule has 0 aromatic carbocycles. The molecule has 1 N–H and O–H groups in total. The monoisotopic (exact) mass is 399 g/mol. The summed E-state index contributed by atoms with van der Waals surface area (Å²) in [5, 5.41) is 2.79. The first-order valence-electron chi connectivity index (χ1n) is 10.2. The van der Waals surface area contributed by atoms with Crippen LogP contribution in [-0.2, 0) is 4.79 Å². The van der Waals surface area contributed by atoms with Crippen LogP contribution in [-0.4, -0.2) is 12.5 Å². The predicted molar refractivity (Wildman–Crippen MR) is 109 cm³/mol. The van der Waals surface area contributed by atoms with Gasteiger partial charge in [-0.2, -0.15) is 0 Å². The Hall–Kier alpha value is -0.490. The molecule has 0 aromatic rings. The first-order valence-corrected chi connectivity index (χ1v) is 11.0. The average molecular weight is 400 g/mol. The Morgan fingerprint density at radius 2 is 1.08 bits per heavy atom. The lowest BCUT2D eigenvalue weighted by Crippen LogP contribution is -2.22. The number of halogens is 1. The zero-order valence-electron chi connectivity index (χ0n) is 15.8. The highest BCUT2D eigenvalue weighted by molar-refractivity contribution is 9.12. The van der Waals surface area contributed by atoms with Gasteiger partial charge in [0.05, 0.1) is 0 Å². The number of unbranched alkanes of at least 4 members (excludes halogenated alkanes) is 15. The van der Waals surface area contributed by atoms with Crippen molar-refractivity contribution in [1.29, 1.82) is 0 Å². The number of nitrogens with one attached hydrogen (secondary N) is 1. The maximum absolute atomic E-state index is 11.1. The minimum atomic E-state index is -0.187. The molecule has 0 bridgehead atoms. The van der Waals surface area contributed by atoms with Gasteiger partial charge >= 0.3 is 0 Å². The third kappa shape index (κ3) is 19.6. The number of rotatable bonds is 17. The van der Waals surface area contributed by atoms with E-state index in [1.54, 1.807) is 0 Å². The zero-order chi connectivity index (χ0) is 17.7. The van der Waals surface area contributed by atoms with Gasteiger partial charge in [0.1, 0.15) is 0 Å². The summed E-state index contributed by atoms with van der Waals surface area (Å²) in [6.07, 6.45) is 21.9. The molecule has 140 valence electrons. The van der Waals surface area contributed by atoms with Crippen LogP contribution in [0.4, 0.5) is 0 Å². The standard InChI is InChI=1S/C21H38BrNO/c1-2-3-4-5-6-7-8-9-10-11-12-13-14-15-16-17-20-23-21(24)18-19-22/h2-17,20H2,1H3,(H,23,24). The summed E-state index contributed by atoms with van der Waals surface area (Å²) < 4.78 is 0. The number of hydrogen-bond acceptors (Lipinski definition) is 1. The lowest BCUT2D eigenvalue weighted by Gasteiger charge is -2.04. The summed E-state index contributed by atoms with van der Waals surface area (Å²) in [4.78, 5) is 13.5. The van der Waals surface area contributed by atoms with Crippen LogP contribution in [0.3, 0.4) is 0 Å². The Morgan fingerprint density at radius 3 is 1.46 bits per heavy atom. The summed E-state index contributed by atoms with van der Waals surface area (Å²) >= 11 is 2.92. The van der Waals surface area contributed by atoms with E-state index in [1.807, 2.05) is 0 Å². The van der Waals surface area contributed by atoms with Gasteiger partial charge in [-0.25, -0.2) is 0 Å². The number of carbonyl (C=O) groups excluding carboxylic acids is 1. The predicted octanol–water partition coefficient (Wildman–Crippen LogP) is 6.72. The van der Waals surface area contributed by atoms with Crippen molar-refractivity contribution >= 4 is 21.8 Å². The van der Waals surface area contributed by atoms with Gasteiger partial charge in [0.2, 0.25) is 0 Å². The largest absolute Gasteiger partial charge is 0.345 e. The quantitative estimate of drug-likeness (QED) is 0.213. The molecule has 2 nitrogen and oxygen atoms in total. The van der Waals surface area contributed by atoms with Gasteiger partial charge in [0.15, 0.2) is 0 Å². The fourth-order valence-corrected chi connectivity index (χ4v) is 3.14. The SMILES string of the molecule is CCCCCCCCCCCCCCCCCCNC(=O)C#CBr. The van der Waals surface area contributed by atoms with Gasteiger partial charge in [-0.05, 0) is 11.3 Å². The summed E-state index contributed by atoms with van der Waals surface area (Å²) in [5.74, 6) is 2.23. The van der Waals surface area contributed by atoms with E-state index < -0.39 is 0 Å². The van der Waals surface area contributed by atoms with Crippen molar-refractivity contribution in [1.82, 2.24) is 5.32 Å². The van der Waals surface area contributed by atoms with E-state index in [4.69, 9.17) is 0 Å². The third-order valence-electron chi connectivity index (χ3n) is 4.48. The van der Waals surface area contributed by atoms with Crippen molar-refractivity contribution in [2.75, 3.05) is 6.54 Å². The summed E-state index contributed by atoms with van der Waals surface area (Å²) in [5.41, 5.74) is 0. The fraction of sp³-hybridized carbons (Fsp3) is 0.857. The first kappa shape index (κ1) is 23.5. The molecule has 0 aromatic heterocycles. The van der Waals surface area contributed by atoms with Crippen molar-refractivity contribution in [3.63, 3.8) is 0 Å². The van der Waals surface area contributed by atoms with Crippen LogP contribution in [0, 0.1) is 10.8 Å². The second-order valence-corrected chi connectivity index (χ2v) is 7.18. The van der Waals surface area contributed by atoms with Crippen molar-refractivity contribution in [2.24, 2.45) is 0 Å². The molecule has 0 unspecified atom stereocenters. The van der Waals surface area contributed by atoms with Gasteiger partial charge in [0.25, 0.3) is 5.91 Å². The maximum Gasteiger partial charge on any atom is 0.296 e. The molecule has 0 atom stereocenters. The highest BCUT2D eigenvalue weighted by atomic mass is 79.9. The molecular weight excluding hydrogens is 362 g/mol. The van der Waals surface area contributed by atoms with Crippen LogP contribution < -0.4 is 5.32 Å². The molecule has 0 saturated heterocycles. The Balaban J connectivity index is 3.05. The third-order valence-corrected chi connectivity index (χ3v) is 4.67. The molecule has 0 fully saturated rings. The van der Waals surface area contributed by atoms with E-state index >= 15 is 0 Å². The van der Waals surface area contributed by atoms with Crippen LogP contribution in [0.15, 0.2) is 0 Å². The van der Waals surface area contributed by atoms with E-state index in [2.05, 4.69) is 38.9 Å². The number of carbonyl (C=O) groups is 1. The zero-order valence-corrected chi connectivity index (χ0v) is 17.4. The topological polar surface area (TPSA) is 29.1 Å². The minimum Gasteiger partial charge on any atom is -0.345 e. The van der Waals surface area contributed by atoms with Crippen LogP contribution in [0.5, 0.6) is 0 Å². The van der Waals surface area contributed by atoms with Crippen LogP contribution >= 0.6 is 15.9 Å². The molecular formula is C21H38BrNO. The lowest BCUT2D eigenvalue weighted by atomic mass is 10.0. The Bertz CT molecular complexity index is 332. The summed E-state index contributed by atoms with van der Waals surface area (Å²) in [6, 6.07) is 0. The van der Waals surface area contributed by atoms with Crippen molar-refractivity contribution < 1.29 is 4.79 Å². The first-order chi connectivity index (χ1) is 11.8. The molecule has 1 amide bonds. The van der Waals surface area contributed by atoms with Crippen molar-refractivity contribution in [2.45, 2.75) is 110 Å². The second-order valence-electron chi connectivity index (χ2n) is 6.78. The van der Waals surface area contributed by atoms with Gasteiger partial charge in [0, 0.05) is 28.4 Å². The smallest absolute Gasteiger partial charge is 0.296 e. The van der Waals surface area contributed by atoms with Gasteiger partial charge < -0.3 is 5.32 Å². The van der Waals surface area contributed by atoms with Crippen LogP contribution in [0.2, 0.25) is 0 Å². The van der Waals surface area contributed by atoms with Crippen molar-refractivity contribution in [3.8, 4) is 10.8 Å². The second kappa shape index (κ2) is 20.6. The van der Waals surface area contributed by atoms with E-state index in [0.29, 0.717) is 0 Å². The molecule has 0 rings (SSSR count). The van der Waals surface area contributed by atoms with Gasteiger partial charge in [-0.15, -0.1) is 0 Å². The molecule has 0 saturated carbocycles. The molecule has 3 heteroatoms. The summed E-state index contributed by atoms with van der Waals surface area (Å²) in [7, 11) is 0. The molecule has 0 aliphatic carbocycles. The van der Waals surface area contributed by atoms with E-state index in [0.717, 1.165) is 13.0 Å². The van der Waals surface area contributed by atoms with E-state index in [1.165, 1.54) is 96.3 Å². The Morgan fingerprint density at radius 1 is 0.708 bits per heavy atom. The minimum absolute atomic E-state index is 0.187. The Labute approximate surface area is 159 Å². The Kier molecular flexibility index (Phi) is 20.1. The highest BCUT2D eigenvalue weighted by Gasteiger charge is 1.96. The van der Waals surface area contributed by atoms with E-state index in [-0.39, 0.29) is 5.91 Å². The molecule has 0 spiro atoms. The van der Waals surface area contributed by atoms with Crippen LogP contribution in [0.25, 0.3) is 0 Å². The molecule has 0 aliphatic heterocycles. The number of hydrogen-bond donors (Lipinski definition) is 1. The highest BCUT2D eigenvalue weighted by Crippen LogP contribution is 2.13. The average Bonchev–Trinajstić information content (AvgIpc) is 2.58. The fourth-order valence-electron chi connectivity index (χ4n) is 2.96. The molecule has 0 aliphatic rings. The van der Waals surface area contributed by atoms with Gasteiger partial charge in [-0.1, -0.05) is 103 Å². The van der Waals surface area contributed by atoms with Crippen LogP contribution in [0.1, 0.15) is 110 Å². The van der Waals surface area contributed by atoms with Gasteiger partial charge in [-0.3, -0.25) is 4.79 Å². The van der Waals surface area contributed by atoms with E-state index in [9.17, 15) is 4.79 Å². The number of amides is 1. The molecule has 0 radical (unpaired) electrons. The normalized spacial score (nSPS) is 10.2. The lowest BCUT2D eigenvalue weighted by molar-refractivity contribution is -0.115.